The lowest BCUT2D eigenvalue weighted by molar-refractivity contribution is -0.137. The number of halogens is 3. The molecular weight excluding hydrogens is 445 g/mol. The molecule has 0 spiro atoms. The average Bonchev–Trinajstić information content (AvgIpc) is 3.09. The summed E-state index contributed by atoms with van der Waals surface area (Å²) in [5, 5.41) is 5.96. The summed E-state index contributed by atoms with van der Waals surface area (Å²) in [6.45, 7) is 2.68. The van der Waals surface area contributed by atoms with E-state index in [2.05, 4.69) is 15.2 Å². The average molecular weight is 468 g/mol. The number of anilines is 3. The lowest BCUT2D eigenvalue weighted by Crippen LogP contribution is -2.19. The molecule has 0 atom stereocenters. The van der Waals surface area contributed by atoms with E-state index in [9.17, 15) is 18.0 Å². The molecule has 0 saturated heterocycles. The van der Waals surface area contributed by atoms with Gasteiger partial charge in [0.25, 0.3) is 0 Å². The Morgan fingerprint density at radius 3 is 2.32 bits per heavy atom. The highest BCUT2D eigenvalue weighted by Gasteiger charge is 2.30. The van der Waals surface area contributed by atoms with E-state index < -0.39 is 17.8 Å². The highest BCUT2D eigenvalue weighted by Crippen LogP contribution is 2.38. The van der Waals surface area contributed by atoms with Crippen LogP contribution in [0.4, 0.5) is 35.0 Å². The summed E-state index contributed by atoms with van der Waals surface area (Å²) < 4.78 is 46.2. The van der Waals surface area contributed by atoms with Crippen molar-refractivity contribution in [1.82, 2.24) is 4.57 Å². The quantitative estimate of drug-likeness (QED) is 0.309. The van der Waals surface area contributed by atoms with Crippen LogP contribution in [0, 0.1) is 0 Å². The normalized spacial score (nSPS) is 11.4. The van der Waals surface area contributed by atoms with Crippen molar-refractivity contribution in [1.29, 1.82) is 0 Å². The van der Waals surface area contributed by atoms with E-state index in [0.717, 1.165) is 34.3 Å². The molecule has 176 valence electrons. The molecule has 0 aliphatic carbocycles. The number of nitrogen functional groups attached to an aromatic ring is 1. The van der Waals surface area contributed by atoms with Crippen LogP contribution < -0.4 is 21.1 Å². The van der Waals surface area contributed by atoms with Crippen LogP contribution in [0.15, 0.2) is 66.7 Å². The van der Waals surface area contributed by atoms with Crippen LogP contribution in [-0.4, -0.2) is 17.7 Å². The van der Waals surface area contributed by atoms with Crippen molar-refractivity contribution in [3.05, 3.63) is 72.3 Å². The van der Waals surface area contributed by atoms with Gasteiger partial charge in [-0.15, -0.1) is 0 Å². The number of methoxy groups -OCH3 is 1. The number of ether oxygens (including phenoxy) is 1. The molecule has 4 N–H and O–H groups in total. The Labute approximate surface area is 194 Å². The second-order valence-corrected chi connectivity index (χ2v) is 7.63. The smallest absolute Gasteiger partial charge is 0.416 e. The molecule has 0 aliphatic heterocycles. The molecular formula is C25H23F3N4O2. The maximum absolute atomic E-state index is 12.9. The number of nitrogens with two attached hydrogens (primary N) is 1. The number of hydrogen-bond acceptors (Lipinski definition) is 3. The van der Waals surface area contributed by atoms with Crippen molar-refractivity contribution >= 4 is 34.0 Å². The van der Waals surface area contributed by atoms with E-state index in [1.54, 1.807) is 25.3 Å². The predicted molar refractivity (Wildman–Crippen MR) is 128 cm³/mol. The molecule has 0 aliphatic rings. The molecule has 0 fully saturated rings. The standard InChI is InChI=1S/C25H23F3N4O2/c1-3-32-21-11-10-19(34-2)14-20(21)22(29)23(32)15-6-4-8-17(12-15)30-24(33)31-18-9-5-7-16(13-18)25(26,27)28/h4-14H,3,29H2,1-2H3,(H2,30,31,33). The van der Waals surface area contributed by atoms with Gasteiger partial charge in [0.1, 0.15) is 5.75 Å². The van der Waals surface area contributed by atoms with E-state index in [1.165, 1.54) is 12.1 Å². The van der Waals surface area contributed by atoms with E-state index in [0.29, 0.717) is 23.7 Å². The Morgan fingerprint density at radius 1 is 1.00 bits per heavy atom. The maximum atomic E-state index is 12.9. The molecule has 0 bridgehead atoms. The molecule has 0 unspecified atom stereocenters. The second kappa shape index (κ2) is 9.01. The van der Waals surface area contributed by atoms with Crippen molar-refractivity contribution in [2.45, 2.75) is 19.6 Å². The van der Waals surface area contributed by atoms with Gasteiger partial charge in [0.05, 0.1) is 29.6 Å². The van der Waals surface area contributed by atoms with Crippen LogP contribution in [0.2, 0.25) is 0 Å². The molecule has 34 heavy (non-hydrogen) atoms. The fourth-order valence-corrected chi connectivity index (χ4v) is 3.94. The van der Waals surface area contributed by atoms with Gasteiger partial charge in [-0.25, -0.2) is 4.79 Å². The molecule has 0 saturated carbocycles. The first-order valence-corrected chi connectivity index (χ1v) is 10.5. The van der Waals surface area contributed by atoms with Crippen LogP contribution in [0.5, 0.6) is 5.75 Å². The van der Waals surface area contributed by atoms with Gasteiger partial charge in [0, 0.05) is 28.9 Å². The van der Waals surface area contributed by atoms with Crippen LogP contribution in [0.25, 0.3) is 22.2 Å². The minimum absolute atomic E-state index is 0.0350. The van der Waals surface area contributed by atoms with E-state index >= 15 is 0 Å². The van der Waals surface area contributed by atoms with Gasteiger partial charge < -0.3 is 25.7 Å². The minimum Gasteiger partial charge on any atom is -0.497 e. The Balaban J connectivity index is 1.61. The Hall–Kier alpha value is -4.14. The fourth-order valence-electron chi connectivity index (χ4n) is 3.94. The first kappa shape index (κ1) is 23.0. The number of benzene rings is 3. The summed E-state index contributed by atoms with van der Waals surface area (Å²) in [6, 6.07) is 16.6. The molecule has 6 nitrogen and oxygen atoms in total. The summed E-state index contributed by atoms with van der Waals surface area (Å²) in [6.07, 6.45) is -4.50. The van der Waals surface area contributed by atoms with Gasteiger partial charge in [-0.1, -0.05) is 18.2 Å². The van der Waals surface area contributed by atoms with Gasteiger partial charge in [-0.05, 0) is 55.5 Å². The molecule has 9 heteroatoms. The zero-order chi connectivity index (χ0) is 24.5. The predicted octanol–water partition coefficient (Wildman–Crippen LogP) is 6.58. The third-order valence-electron chi connectivity index (χ3n) is 5.47. The highest BCUT2D eigenvalue weighted by molar-refractivity contribution is 6.03. The number of aryl methyl sites for hydroxylation is 1. The number of nitrogens with one attached hydrogen (secondary N) is 2. The number of alkyl halides is 3. The molecule has 1 aromatic heterocycles. The fraction of sp³-hybridized carbons (Fsp3) is 0.160. The molecule has 2 amide bonds. The summed E-state index contributed by atoms with van der Waals surface area (Å²) in [5.41, 5.74) is 9.29. The third-order valence-corrected chi connectivity index (χ3v) is 5.47. The van der Waals surface area contributed by atoms with Gasteiger partial charge >= 0.3 is 12.2 Å². The highest BCUT2D eigenvalue weighted by atomic mass is 19.4. The van der Waals surface area contributed by atoms with Crippen LogP contribution in [0.3, 0.4) is 0 Å². The van der Waals surface area contributed by atoms with E-state index in [1.807, 2.05) is 31.2 Å². The molecule has 0 radical (unpaired) electrons. The monoisotopic (exact) mass is 468 g/mol. The van der Waals surface area contributed by atoms with Crippen LogP contribution >= 0.6 is 0 Å². The summed E-state index contributed by atoms with van der Waals surface area (Å²) >= 11 is 0. The Morgan fingerprint density at radius 2 is 1.68 bits per heavy atom. The number of rotatable bonds is 5. The van der Waals surface area contributed by atoms with Crippen molar-refractivity contribution in [3.63, 3.8) is 0 Å². The minimum atomic E-state index is -4.50. The van der Waals surface area contributed by atoms with Gasteiger partial charge in [0.2, 0.25) is 0 Å². The zero-order valence-electron chi connectivity index (χ0n) is 18.5. The van der Waals surface area contributed by atoms with E-state index in [4.69, 9.17) is 10.5 Å². The lowest BCUT2D eigenvalue weighted by Gasteiger charge is -2.13. The third kappa shape index (κ3) is 4.50. The topological polar surface area (TPSA) is 81.3 Å². The lowest BCUT2D eigenvalue weighted by atomic mass is 10.1. The van der Waals surface area contributed by atoms with Crippen LogP contribution in [-0.2, 0) is 12.7 Å². The number of hydrogen-bond donors (Lipinski definition) is 3. The second-order valence-electron chi connectivity index (χ2n) is 7.63. The van der Waals surface area contributed by atoms with E-state index in [-0.39, 0.29) is 5.69 Å². The van der Waals surface area contributed by atoms with Gasteiger partial charge in [0.15, 0.2) is 0 Å². The van der Waals surface area contributed by atoms with Gasteiger partial charge in [-0.2, -0.15) is 13.2 Å². The summed E-state index contributed by atoms with van der Waals surface area (Å²) in [5.74, 6) is 0.695. The van der Waals surface area contributed by atoms with Crippen molar-refractivity contribution in [2.24, 2.45) is 0 Å². The number of fused-ring (bicyclic) bond motifs is 1. The zero-order valence-corrected chi connectivity index (χ0v) is 18.5. The molecule has 4 rings (SSSR count). The largest absolute Gasteiger partial charge is 0.497 e. The summed E-state index contributed by atoms with van der Waals surface area (Å²) in [4.78, 5) is 12.4. The molecule has 4 aromatic rings. The van der Waals surface area contributed by atoms with Crippen molar-refractivity contribution < 1.29 is 22.7 Å². The Kier molecular flexibility index (Phi) is 6.10. The first-order chi connectivity index (χ1) is 16.2. The number of carbonyl (C=O) groups is 1. The van der Waals surface area contributed by atoms with Crippen molar-refractivity contribution in [3.8, 4) is 17.0 Å². The number of amides is 2. The number of aromatic nitrogens is 1. The van der Waals surface area contributed by atoms with Crippen molar-refractivity contribution in [2.75, 3.05) is 23.5 Å². The molecule has 1 heterocycles. The summed E-state index contributed by atoms with van der Waals surface area (Å²) in [7, 11) is 1.59. The SMILES string of the molecule is CCn1c(-c2cccc(NC(=O)Nc3cccc(C(F)(F)F)c3)c2)c(N)c2cc(OC)ccc21. The number of nitrogens with zero attached hydrogens (tertiary/aromatic N) is 1. The van der Waals surface area contributed by atoms with Crippen LogP contribution in [0.1, 0.15) is 12.5 Å². The maximum Gasteiger partial charge on any atom is 0.416 e. The number of urea groups is 1. The molecule has 3 aromatic carbocycles. The first-order valence-electron chi connectivity index (χ1n) is 10.5. The van der Waals surface area contributed by atoms with Gasteiger partial charge in [-0.3, -0.25) is 0 Å². The Bertz CT molecular complexity index is 1360. The number of carbonyl (C=O) groups excluding carboxylic acids is 1.